The lowest BCUT2D eigenvalue weighted by Gasteiger charge is -2.05. The van der Waals surface area contributed by atoms with E-state index in [0.29, 0.717) is 22.3 Å². The standard InChI is InChI=1S/C16H10ClFN2O/c17-13-3-1-10(2-4-13)8-20-9-12-6-14(18)5-11(7-19)15(12)16(20)21/h1-6,9,21H,8H2. The highest BCUT2D eigenvalue weighted by atomic mass is 35.5. The Morgan fingerprint density at radius 1 is 1.24 bits per heavy atom. The number of rotatable bonds is 2. The van der Waals surface area contributed by atoms with Gasteiger partial charge >= 0.3 is 0 Å². The summed E-state index contributed by atoms with van der Waals surface area (Å²) in [4.78, 5) is 0. The molecule has 104 valence electrons. The summed E-state index contributed by atoms with van der Waals surface area (Å²) in [6.45, 7) is 0.407. The maximum atomic E-state index is 13.4. The molecule has 0 spiro atoms. The van der Waals surface area contributed by atoms with Crippen LogP contribution in [0, 0.1) is 17.1 Å². The number of fused-ring (bicyclic) bond motifs is 1. The van der Waals surface area contributed by atoms with Crippen LogP contribution >= 0.6 is 11.6 Å². The van der Waals surface area contributed by atoms with Gasteiger partial charge in [0.2, 0.25) is 5.88 Å². The van der Waals surface area contributed by atoms with Crippen LogP contribution in [0.15, 0.2) is 42.6 Å². The van der Waals surface area contributed by atoms with Crippen LogP contribution in [0.4, 0.5) is 4.39 Å². The van der Waals surface area contributed by atoms with Crippen molar-refractivity contribution in [2.75, 3.05) is 0 Å². The third kappa shape index (κ3) is 2.44. The van der Waals surface area contributed by atoms with Crippen molar-refractivity contribution in [1.29, 1.82) is 5.26 Å². The average molecular weight is 301 g/mol. The summed E-state index contributed by atoms with van der Waals surface area (Å²) in [6, 6.07) is 11.5. The molecule has 0 unspecified atom stereocenters. The summed E-state index contributed by atoms with van der Waals surface area (Å²) in [7, 11) is 0. The lowest BCUT2D eigenvalue weighted by molar-refractivity contribution is 0.430. The van der Waals surface area contributed by atoms with Crippen molar-refractivity contribution in [2.45, 2.75) is 6.54 Å². The summed E-state index contributed by atoms with van der Waals surface area (Å²) in [6.07, 6.45) is 1.63. The quantitative estimate of drug-likeness (QED) is 0.776. The molecule has 2 aromatic carbocycles. The summed E-state index contributed by atoms with van der Waals surface area (Å²) >= 11 is 5.83. The van der Waals surface area contributed by atoms with E-state index in [1.54, 1.807) is 22.9 Å². The van der Waals surface area contributed by atoms with Crippen LogP contribution in [0.2, 0.25) is 5.02 Å². The van der Waals surface area contributed by atoms with Crippen molar-refractivity contribution in [3.63, 3.8) is 0 Å². The molecule has 3 rings (SSSR count). The lowest BCUT2D eigenvalue weighted by atomic mass is 10.1. The SMILES string of the molecule is N#Cc1cc(F)cc2cn(Cc3ccc(Cl)cc3)c(O)c12. The van der Waals surface area contributed by atoms with Crippen LogP contribution in [0.5, 0.6) is 5.88 Å². The van der Waals surface area contributed by atoms with E-state index in [4.69, 9.17) is 16.9 Å². The lowest BCUT2D eigenvalue weighted by Crippen LogP contribution is -1.96. The Morgan fingerprint density at radius 2 is 1.95 bits per heavy atom. The second-order valence-corrected chi connectivity index (χ2v) is 5.17. The highest BCUT2D eigenvalue weighted by Gasteiger charge is 2.14. The minimum atomic E-state index is -0.498. The maximum Gasteiger partial charge on any atom is 0.200 e. The number of hydrogen-bond acceptors (Lipinski definition) is 2. The van der Waals surface area contributed by atoms with Gasteiger partial charge < -0.3 is 9.67 Å². The molecule has 21 heavy (non-hydrogen) atoms. The molecule has 0 aliphatic heterocycles. The number of halogens is 2. The van der Waals surface area contributed by atoms with Crippen LogP contribution in [-0.4, -0.2) is 9.67 Å². The molecule has 0 aliphatic rings. The number of hydrogen-bond donors (Lipinski definition) is 1. The summed E-state index contributed by atoms with van der Waals surface area (Å²) in [5.41, 5.74) is 1.06. The first kappa shape index (κ1) is 13.5. The molecule has 0 aliphatic carbocycles. The second kappa shape index (κ2) is 5.12. The zero-order valence-corrected chi connectivity index (χ0v) is 11.6. The van der Waals surface area contributed by atoms with Crippen LogP contribution in [0.1, 0.15) is 11.1 Å². The van der Waals surface area contributed by atoms with Gasteiger partial charge in [-0.15, -0.1) is 0 Å². The van der Waals surface area contributed by atoms with Crippen molar-refractivity contribution < 1.29 is 9.50 Å². The first-order valence-electron chi connectivity index (χ1n) is 6.24. The summed E-state index contributed by atoms with van der Waals surface area (Å²) in [5, 5.41) is 20.8. The summed E-state index contributed by atoms with van der Waals surface area (Å²) < 4.78 is 15.0. The van der Waals surface area contributed by atoms with E-state index in [2.05, 4.69) is 0 Å². The Morgan fingerprint density at radius 3 is 2.62 bits per heavy atom. The van der Waals surface area contributed by atoms with Crippen LogP contribution < -0.4 is 0 Å². The van der Waals surface area contributed by atoms with Gasteiger partial charge in [0, 0.05) is 16.6 Å². The fourth-order valence-corrected chi connectivity index (χ4v) is 2.47. The molecule has 0 bridgehead atoms. The van der Waals surface area contributed by atoms with Gasteiger partial charge in [-0.1, -0.05) is 23.7 Å². The van der Waals surface area contributed by atoms with Crippen LogP contribution in [-0.2, 0) is 6.54 Å². The largest absolute Gasteiger partial charge is 0.494 e. The Balaban J connectivity index is 2.10. The van der Waals surface area contributed by atoms with E-state index in [1.807, 2.05) is 18.2 Å². The van der Waals surface area contributed by atoms with Gasteiger partial charge in [-0.05, 0) is 29.8 Å². The van der Waals surface area contributed by atoms with Gasteiger partial charge in [-0.25, -0.2) is 4.39 Å². The van der Waals surface area contributed by atoms with Crippen molar-refractivity contribution >= 4 is 22.4 Å². The molecule has 0 saturated carbocycles. The molecular weight excluding hydrogens is 291 g/mol. The Hall–Kier alpha value is -2.51. The molecular formula is C16H10ClFN2O. The molecule has 1 aromatic heterocycles. The van der Waals surface area contributed by atoms with E-state index in [1.165, 1.54) is 6.07 Å². The van der Waals surface area contributed by atoms with E-state index < -0.39 is 5.82 Å². The normalized spacial score (nSPS) is 10.7. The predicted molar refractivity (Wildman–Crippen MR) is 78.8 cm³/mol. The fourth-order valence-electron chi connectivity index (χ4n) is 2.35. The molecule has 0 saturated heterocycles. The molecule has 0 atom stereocenters. The van der Waals surface area contributed by atoms with Gasteiger partial charge in [0.1, 0.15) is 11.9 Å². The topological polar surface area (TPSA) is 49.0 Å². The maximum absolute atomic E-state index is 13.4. The van der Waals surface area contributed by atoms with Gasteiger partial charge in [0.15, 0.2) is 0 Å². The highest BCUT2D eigenvalue weighted by molar-refractivity contribution is 6.30. The minimum Gasteiger partial charge on any atom is -0.494 e. The van der Waals surface area contributed by atoms with Crippen LogP contribution in [0.25, 0.3) is 10.8 Å². The Bertz CT molecular complexity index is 863. The van der Waals surface area contributed by atoms with Crippen molar-refractivity contribution in [1.82, 2.24) is 4.57 Å². The molecule has 5 heteroatoms. The number of aromatic hydroxyl groups is 1. The Labute approximate surface area is 125 Å². The number of aromatic nitrogens is 1. The van der Waals surface area contributed by atoms with Gasteiger partial charge in [0.25, 0.3) is 0 Å². The van der Waals surface area contributed by atoms with Crippen molar-refractivity contribution in [3.05, 3.63) is 64.6 Å². The molecule has 0 amide bonds. The first-order chi connectivity index (χ1) is 10.1. The van der Waals surface area contributed by atoms with Crippen LogP contribution in [0.3, 0.4) is 0 Å². The van der Waals surface area contributed by atoms with E-state index in [9.17, 15) is 9.50 Å². The number of nitriles is 1. The molecule has 1 heterocycles. The monoisotopic (exact) mass is 300 g/mol. The third-order valence-electron chi connectivity index (χ3n) is 3.31. The third-order valence-corrected chi connectivity index (χ3v) is 3.56. The minimum absolute atomic E-state index is 0.0449. The molecule has 1 N–H and O–H groups in total. The van der Waals surface area contributed by atoms with Gasteiger partial charge in [0.05, 0.1) is 17.5 Å². The van der Waals surface area contributed by atoms with Gasteiger partial charge in [-0.3, -0.25) is 0 Å². The molecule has 3 aromatic rings. The van der Waals surface area contributed by atoms with Gasteiger partial charge in [-0.2, -0.15) is 5.26 Å². The number of benzene rings is 2. The molecule has 0 radical (unpaired) electrons. The van der Waals surface area contributed by atoms with Crippen molar-refractivity contribution in [2.24, 2.45) is 0 Å². The Kier molecular flexibility index (Phi) is 3.28. The highest BCUT2D eigenvalue weighted by Crippen LogP contribution is 2.31. The van der Waals surface area contributed by atoms with E-state index >= 15 is 0 Å². The molecule has 3 nitrogen and oxygen atoms in total. The smallest absolute Gasteiger partial charge is 0.200 e. The summed E-state index contributed by atoms with van der Waals surface area (Å²) in [5.74, 6) is -0.542. The zero-order valence-electron chi connectivity index (χ0n) is 10.8. The van der Waals surface area contributed by atoms with E-state index in [0.717, 1.165) is 11.6 Å². The predicted octanol–water partition coefficient (Wildman–Crippen LogP) is 4.06. The average Bonchev–Trinajstić information content (AvgIpc) is 2.77. The number of nitrogens with zero attached hydrogens (tertiary/aromatic N) is 2. The van der Waals surface area contributed by atoms with E-state index in [-0.39, 0.29) is 11.4 Å². The zero-order chi connectivity index (χ0) is 15.0. The first-order valence-corrected chi connectivity index (χ1v) is 6.62. The molecule has 0 fully saturated rings. The fraction of sp³-hybridized carbons (Fsp3) is 0.0625. The second-order valence-electron chi connectivity index (χ2n) is 4.74. The van der Waals surface area contributed by atoms with Crippen molar-refractivity contribution in [3.8, 4) is 11.9 Å².